The van der Waals surface area contributed by atoms with E-state index in [2.05, 4.69) is 5.32 Å². The Balaban J connectivity index is 1.77. The summed E-state index contributed by atoms with van der Waals surface area (Å²) >= 11 is 0. The molecule has 1 saturated carbocycles. The standard InChI is InChI=1S/C20H19F3N2O3/c21-20(22,23)14-6-4-8-16(12-14)28-15-7-3-5-13(11-15)17(26)25-19(18(24)27)9-1-2-10-19/h3-8,11-12H,1-2,9-10H2,(H2,24,27)(H,25,26). The van der Waals surface area contributed by atoms with Crippen molar-refractivity contribution in [3.8, 4) is 11.5 Å². The van der Waals surface area contributed by atoms with Crippen LogP contribution in [0, 0.1) is 0 Å². The van der Waals surface area contributed by atoms with Crippen LogP contribution in [0.3, 0.4) is 0 Å². The molecule has 1 aliphatic rings. The van der Waals surface area contributed by atoms with Gasteiger partial charge in [0.15, 0.2) is 0 Å². The number of carbonyl (C=O) groups excluding carboxylic acids is 2. The maximum absolute atomic E-state index is 12.8. The topological polar surface area (TPSA) is 81.4 Å². The Bertz CT molecular complexity index is 890. The number of amides is 2. The van der Waals surface area contributed by atoms with E-state index in [4.69, 9.17) is 10.5 Å². The molecule has 0 saturated heterocycles. The van der Waals surface area contributed by atoms with Crippen LogP contribution in [-0.2, 0) is 11.0 Å². The summed E-state index contributed by atoms with van der Waals surface area (Å²) in [5.41, 5.74) is 3.80. The molecule has 8 heteroatoms. The highest BCUT2D eigenvalue weighted by Gasteiger charge is 2.41. The van der Waals surface area contributed by atoms with Gasteiger partial charge in [0, 0.05) is 5.56 Å². The summed E-state index contributed by atoms with van der Waals surface area (Å²) < 4.78 is 44.0. The second kappa shape index (κ2) is 7.53. The minimum Gasteiger partial charge on any atom is -0.457 e. The van der Waals surface area contributed by atoms with Crippen molar-refractivity contribution in [2.75, 3.05) is 0 Å². The summed E-state index contributed by atoms with van der Waals surface area (Å²) in [6.45, 7) is 0. The van der Waals surface area contributed by atoms with Gasteiger partial charge in [-0.2, -0.15) is 13.2 Å². The first-order valence-corrected chi connectivity index (χ1v) is 8.77. The van der Waals surface area contributed by atoms with Crippen molar-refractivity contribution in [1.29, 1.82) is 0 Å². The predicted molar refractivity (Wildman–Crippen MR) is 95.8 cm³/mol. The lowest BCUT2D eigenvalue weighted by atomic mass is 9.96. The van der Waals surface area contributed by atoms with E-state index in [1.165, 1.54) is 30.3 Å². The van der Waals surface area contributed by atoms with Gasteiger partial charge in [0.1, 0.15) is 17.0 Å². The van der Waals surface area contributed by atoms with Crippen LogP contribution in [-0.4, -0.2) is 17.4 Å². The molecule has 1 fully saturated rings. The normalized spacial score (nSPS) is 15.8. The van der Waals surface area contributed by atoms with Crippen LogP contribution in [0.25, 0.3) is 0 Å². The van der Waals surface area contributed by atoms with Crippen molar-refractivity contribution < 1.29 is 27.5 Å². The van der Waals surface area contributed by atoms with Gasteiger partial charge in [-0.3, -0.25) is 9.59 Å². The number of primary amides is 1. The lowest BCUT2D eigenvalue weighted by Gasteiger charge is -2.26. The number of carbonyl (C=O) groups is 2. The zero-order valence-electron chi connectivity index (χ0n) is 14.9. The fourth-order valence-electron chi connectivity index (χ4n) is 3.27. The third-order valence-electron chi connectivity index (χ3n) is 4.77. The molecule has 3 N–H and O–H groups in total. The van der Waals surface area contributed by atoms with Gasteiger partial charge in [0.2, 0.25) is 5.91 Å². The van der Waals surface area contributed by atoms with Crippen LogP contribution in [0.4, 0.5) is 13.2 Å². The number of ether oxygens (including phenoxy) is 1. The van der Waals surface area contributed by atoms with Gasteiger partial charge >= 0.3 is 6.18 Å². The zero-order valence-corrected chi connectivity index (χ0v) is 14.9. The minimum absolute atomic E-state index is 0.00298. The quantitative estimate of drug-likeness (QED) is 0.806. The van der Waals surface area contributed by atoms with Crippen LogP contribution in [0.15, 0.2) is 48.5 Å². The van der Waals surface area contributed by atoms with Gasteiger partial charge < -0.3 is 15.8 Å². The van der Waals surface area contributed by atoms with E-state index in [1.807, 2.05) is 0 Å². The number of rotatable bonds is 5. The summed E-state index contributed by atoms with van der Waals surface area (Å²) in [4.78, 5) is 24.4. The molecule has 0 spiro atoms. The van der Waals surface area contributed by atoms with Crippen LogP contribution in [0.2, 0.25) is 0 Å². The molecule has 0 aromatic heterocycles. The first-order valence-electron chi connectivity index (χ1n) is 8.77. The number of hydrogen-bond donors (Lipinski definition) is 2. The Morgan fingerprint density at radius 1 is 1.00 bits per heavy atom. The minimum atomic E-state index is -4.48. The first kappa shape index (κ1) is 19.7. The van der Waals surface area contributed by atoms with Crippen LogP contribution in [0.5, 0.6) is 11.5 Å². The summed E-state index contributed by atoms with van der Waals surface area (Å²) in [5, 5.41) is 2.71. The Labute approximate surface area is 159 Å². The number of nitrogens with two attached hydrogens (primary N) is 1. The van der Waals surface area contributed by atoms with Gasteiger partial charge in [0.25, 0.3) is 5.91 Å². The largest absolute Gasteiger partial charge is 0.457 e. The van der Waals surface area contributed by atoms with Gasteiger partial charge in [-0.1, -0.05) is 25.0 Å². The molecule has 0 unspecified atom stereocenters. The first-order chi connectivity index (χ1) is 13.2. The summed E-state index contributed by atoms with van der Waals surface area (Å²) in [5.74, 6) is -0.867. The highest BCUT2D eigenvalue weighted by atomic mass is 19.4. The summed E-state index contributed by atoms with van der Waals surface area (Å²) in [6.07, 6.45) is -1.93. The number of benzene rings is 2. The molecule has 0 atom stereocenters. The van der Waals surface area contributed by atoms with E-state index in [-0.39, 0.29) is 17.1 Å². The molecule has 3 rings (SSSR count). The van der Waals surface area contributed by atoms with Gasteiger partial charge in [-0.25, -0.2) is 0 Å². The second-order valence-corrected chi connectivity index (χ2v) is 6.76. The number of halogens is 3. The maximum Gasteiger partial charge on any atom is 0.416 e. The third-order valence-corrected chi connectivity index (χ3v) is 4.77. The van der Waals surface area contributed by atoms with E-state index in [9.17, 15) is 22.8 Å². The summed E-state index contributed by atoms with van der Waals surface area (Å²) in [6, 6.07) is 10.5. The lowest BCUT2D eigenvalue weighted by molar-refractivity contribution is -0.137. The highest BCUT2D eigenvalue weighted by Crippen LogP contribution is 2.33. The molecule has 5 nitrogen and oxygen atoms in total. The number of nitrogens with one attached hydrogen (secondary N) is 1. The van der Waals surface area contributed by atoms with E-state index >= 15 is 0 Å². The summed E-state index contributed by atoms with van der Waals surface area (Å²) in [7, 11) is 0. The molecule has 0 bridgehead atoms. The molecule has 28 heavy (non-hydrogen) atoms. The number of alkyl halides is 3. The monoisotopic (exact) mass is 392 g/mol. The van der Waals surface area contributed by atoms with Crippen molar-refractivity contribution >= 4 is 11.8 Å². The molecule has 0 heterocycles. The fourth-order valence-corrected chi connectivity index (χ4v) is 3.27. The Morgan fingerprint density at radius 3 is 2.21 bits per heavy atom. The van der Waals surface area contributed by atoms with E-state index in [0.29, 0.717) is 12.8 Å². The molecular weight excluding hydrogens is 373 g/mol. The fraction of sp³-hybridized carbons (Fsp3) is 0.300. The van der Waals surface area contributed by atoms with Crippen molar-refractivity contribution in [3.05, 3.63) is 59.7 Å². The van der Waals surface area contributed by atoms with Crippen LogP contribution < -0.4 is 15.8 Å². The van der Waals surface area contributed by atoms with Crippen molar-refractivity contribution in [2.24, 2.45) is 5.73 Å². The molecular formula is C20H19F3N2O3. The van der Waals surface area contributed by atoms with Gasteiger partial charge in [-0.15, -0.1) is 0 Å². The van der Waals surface area contributed by atoms with E-state index in [1.54, 1.807) is 6.07 Å². The molecule has 1 aliphatic carbocycles. The maximum atomic E-state index is 12.8. The van der Waals surface area contributed by atoms with Crippen LogP contribution >= 0.6 is 0 Å². The Morgan fingerprint density at radius 2 is 1.61 bits per heavy atom. The van der Waals surface area contributed by atoms with Crippen molar-refractivity contribution in [3.63, 3.8) is 0 Å². The zero-order chi connectivity index (χ0) is 20.4. The smallest absolute Gasteiger partial charge is 0.416 e. The van der Waals surface area contributed by atoms with E-state index < -0.39 is 29.1 Å². The average Bonchev–Trinajstić information content (AvgIpc) is 3.11. The van der Waals surface area contributed by atoms with Crippen molar-refractivity contribution in [1.82, 2.24) is 5.32 Å². The lowest BCUT2D eigenvalue weighted by Crippen LogP contribution is -2.55. The molecule has 148 valence electrons. The van der Waals surface area contributed by atoms with E-state index in [0.717, 1.165) is 25.0 Å². The second-order valence-electron chi connectivity index (χ2n) is 6.76. The average molecular weight is 392 g/mol. The Hall–Kier alpha value is -3.03. The molecule has 2 aromatic carbocycles. The van der Waals surface area contributed by atoms with Gasteiger partial charge in [0.05, 0.1) is 5.56 Å². The molecule has 0 radical (unpaired) electrons. The number of hydrogen-bond acceptors (Lipinski definition) is 3. The third kappa shape index (κ3) is 4.27. The molecule has 2 amide bonds. The molecule has 0 aliphatic heterocycles. The Kier molecular flexibility index (Phi) is 5.31. The van der Waals surface area contributed by atoms with Gasteiger partial charge in [-0.05, 0) is 49.2 Å². The predicted octanol–water partition coefficient (Wildman–Crippen LogP) is 4.03. The molecule has 2 aromatic rings. The van der Waals surface area contributed by atoms with Crippen LogP contribution in [0.1, 0.15) is 41.6 Å². The van der Waals surface area contributed by atoms with Crippen molar-refractivity contribution in [2.45, 2.75) is 37.4 Å². The SMILES string of the molecule is NC(=O)C1(NC(=O)c2cccc(Oc3cccc(C(F)(F)F)c3)c2)CCCC1. The highest BCUT2D eigenvalue weighted by molar-refractivity contribution is 5.99.